The molecule has 0 fully saturated rings. The Morgan fingerprint density at radius 1 is 1.16 bits per heavy atom. The smallest absolute Gasteiger partial charge is 0.200 e. The van der Waals surface area contributed by atoms with Crippen molar-refractivity contribution in [3.8, 4) is 11.5 Å². The Morgan fingerprint density at radius 3 is 2.72 bits per heavy atom. The average molecular weight is 333 g/mol. The van der Waals surface area contributed by atoms with Gasteiger partial charge in [-0.05, 0) is 49.3 Å². The van der Waals surface area contributed by atoms with E-state index in [1.807, 2.05) is 67.6 Å². The standard InChI is InChI=1S/C22H23NO2/c1-4-16-23-19-12-6-8-14-21(19)25-22(23)15-9-11-18(3)24-20-13-7-5-10-17(20)2/h5-15H,3-4,16H2,1-2H3. The summed E-state index contributed by atoms with van der Waals surface area (Å²) in [6, 6.07) is 16.0. The van der Waals surface area contributed by atoms with Crippen LogP contribution in [0.4, 0.5) is 5.69 Å². The lowest BCUT2D eigenvalue weighted by molar-refractivity contribution is 0.437. The van der Waals surface area contributed by atoms with Gasteiger partial charge in [-0.1, -0.05) is 49.9 Å². The molecule has 0 aromatic heterocycles. The van der Waals surface area contributed by atoms with Gasteiger partial charge in [-0.2, -0.15) is 0 Å². The summed E-state index contributed by atoms with van der Waals surface area (Å²) >= 11 is 0. The van der Waals surface area contributed by atoms with E-state index >= 15 is 0 Å². The topological polar surface area (TPSA) is 21.7 Å². The van der Waals surface area contributed by atoms with Crippen LogP contribution >= 0.6 is 0 Å². The number of anilines is 1. The highest BCUT2D eigenvalue weighted by molar-refractivity contribution is 5.66. The number of aryl methyl sites for hydroxylation is 1. The van der Waals surface area contributed by atoms with Crippen molar-refractivity contribution in [3.63, 3.8) is 0 Å². The van der Waals surface area contributed by atoms with Gasteiger partial charge >= 0.3 is 0 Å². The second-order valence-electron chi connectivity index (χ2n) is 5.92. The van der Waals surface area contributed by atoms with E-state index in [9.17, 15) is 0 Å². The number of hydrogen-bond acceptors (Lipinski definition) is 3. The molecule has 0 amide bonds. The quantitative estimate of drug-likeness (QED) is 0.508. The Bertz CT molecular complexity index is 820. The molecule has 0 bridgehead atoms. The van der Waals surface area contributed by atoms with Crippen LogP contribution in [0.1, 0.15) is 18.9 Å². The number of rotatable bonds is 6. The first-order valence-corrected chi connectivity index (χ1v) is 8.54. The zero-order valence-electron chi connectivity index (χ0n) is 14.7. The normalized spacial score (nSPS) is 14.6. The van der Waals surface area contributed by atoms with Gasteiger partial charge in [-0.15, -0.1) is 0 Å². The van der Waals surface area contributed by atoms with E-state index in [1.54, 1.807) is 0 Å². The van der Waals surface area contributed by atoms with Crippen molar-refractivity contribution in [2.75, 3.05) is 11.4 Å². The van der Waals surface area contributed by atoms with Crippen molar-refractivity contribution < 1.29 is 9.47 Å². The highest BCUT2D eigenvalue weighted by Crippen LogP contribution is 2.38. The maximum atomic E-state index is 5.96. The molecule has 128 valence electrons. The molecule has 2 aromatic rings. The second-order valence-corrected chi connectivity index (χ2v) is 5.92. The minimum atomic E-state index is 0.587. The SMILES string of the molecule is C=C(C=CC=C1Oc2ccccc2N1CCC)Oc1ccccc1C. The molecule has 3 nitrogen and oxygen atoms in total. The fraction of sp³-hybridized carbons (Fsp3) is 0.182. The summed E-state index contributed by atoms with van der Waals surface area (Å²) in [5.41, 5.74) is 2.19. The first kappa shape index (κ1) is 16.9. The number of ether oxygens (including phenoxy) is 2. The Balaban J connectivity index is 1.70. The van der Waals surface area contributed by atoms with Crippen LogP contribution in [0.5, 0.6) is 11.5 Å². The Morgan fingerprint density at radius 2 is 1.92 bits per heavy atom. The first-order valence-electron chi connectivity index (χ1n) is 8.54. The van der Waals surface area contributed by atoms with E-state index in [4.69, 9.17) is 9.47 Å². The molecule has 0 radical (unpaired) electrons. The summed E-state index contributed by atoms with van der Waals surface area (Å²) in [4.78, 5) is 2.19. The summed E-state index contributed by atoms with van der Waals surface area (Å²) < 4.78 is 11.7. The molecule has 0 N–H and O–H groups in total. The monoisotopic (exact) mass is 333 g/mol. The van der Waals surface area contributed by atoms with Crippen LogP contribution < -0.4 is 14.4 Å². The molecule has 1 aliphatic rings. The molecule has 0 atom stereocenters. The number of allylic oxidation sites excluding steroid dienone is 3. The molecule has 3 rings (SSSR count). The van der Waals surface area contributed by atoms with Crippen molar-refractivity contribution in [2.24, 2.45) is 0 Å². The number of benzene rings is 2. The van der Waals surface area contributed by atoms with Crippen LogP contribution in [-0.2, 0) is 0 Å². The van der Waals surface area contributed by atoms with Crippen LogP contribution in [-0.4, -0.2) is 6.54 Å². The third kappa shape index (κ3) is 3.94. The van der Waals surface area contributed by atoms with Crippen LogP contribution in [0.2, 0.25) is 0 Å². The van der Waals surface area contributed by atoms with E-state index in [-0.39, 0.29) is 0 Å². The molecule has 0 aliphatic carbocycles. The zero-order chi connectivity index (χ0) is 17.6. The molecule has 0 saturated heterocycles. The predicted molar refractivity (Wildman–Crippen MR) is 103 cm³/mol. The summed E-state index contributed by atoms with van der Waals surface area (Å²) in [5.74, 6) is 3.12. The highest BCUT2D eigenvalue weighted by atomic mass is 16.5. The first-order chi connectivity index (χ1) is 12.2. The van der Waals surface area contributed by atoms with Crippen molar-refractivity contribution in [3.05, 3.63) is 90.5 Å². The summed E-state index contributed by atoms with van der Waals surface area (Å²) in [6.07, 6.45) is 6.74. The molecule has 0 spiro atoms. The largest absolute Gasteiger partial charge is 0.458 e. The predicted octanol–water partition coefficient (Wildman–Crippen LogP) is 5.59. The Hall–Kier alpha value is -2.94. The Labute approximate surface area is 149 Å². The number of para-hydroxylation sites is 3. The highest BCUT2D eigenvalue weighted by Gasteiger charge is 2.24. The number of fused-ring (bicyclic) bond motifs is 1. The van der Waals surface area contributed by atoms with Gasteiger partial charge in [0.15, 0.2) is 5.75 Å². The van der Waals surface area contributed by atoms with Crippen molar-refractivity contribution in [1.29, 1.82) is 0 Å². The molecule has 3 heteroatoms. The van der Waals surface area contributed by atoms with Crippen LogP contribution in [0.15, 0.2) is 85.0 Å². The number of hydrogen-bond donors (Lipinski definition) is 0. The lowest BCUT2D eigenvalue weighted by atomic mass is 10.2. The van der Waals surface area contributed by atoms with Crippen molar-refractivity contribution in [2.45, 2.75) is 20.3 Å². The molecular weight excluding hydrogens is 310 g/mol. The van der Waals surface area contributed by atoms with E-state index in [0.717, 1.165) is 41.6 Å². The summed E-state index contributed by atoms with van der Waals surface area (Å²) in [7, 11) is 0. The second kappa shape index (κ2) is 7.75. The van der Waals surface area contributed by atoms with E-state index < -0.39 is 0 Å². The summed E-state index contributed by atoms with van der Waals surface area (Å²) in [6.45, 7) is 9.04. The molecule has 1 heterocycles. The third-order valence-corrected chi connectivity index (χ3v) is 3.94. The average Bonchev–Trinajstić information content (AvgIpc) is 2.95. The van der Waals surface area contributed by atoms with Crippen LogP contribution in [0, 0.1) is 6.92 Å². The van der Waals surface area contributed by atoms with Gasteiger partial charge in [0, 0.05) is 6.54 Å². The van der Waals surface area contributed by atoms with Crippen LogP contribution in [0.3, 0.4) is 0 Å². The molecule has 0 unspecified atom stereocenters. The minimum absolute atomic E-state index is 0.587. The lowest BCUT2D eigenvalue weighted by Crippen LogP contribution is -2.20. The molecule has 2 aromatic carbocycles. The fourth-order valence-electron chi connectivity index (χ4n) is 2.72. The summed E-state index contributed by atoms with van der Waals surface area (Å²) in [5, 5.41) is 0. The molecule has 0 saturated carbocycles. The lowest BCUT2D eigenvalue weighted by Gasteiger charge is -2.16. The molecular formula is C22H23NO2. The van der Waals surface area contributed by atoms with Gasteiger partial charge < -0.3 is 14.4 Å². The zero-order valence-corrected chi connectivity index (χ0v) is 14.7. The van der Waals surface area contributed by atoms with Gasteiger partial charge in [0.2, 0.25) is 5.88 Å². The van der Waals surface area contributed by atoms with Gasteiger partial charge in [-0.25, -0.2) is 0 Å². The molecule has 1 aliphatic heterocycles. The maximum Gasteiger partial charge on any atom is 0.200 e. The van der Waals surface area contributed by atoms with Gasteiger partial charge in [0.25, 0.3) is 0 Å². The van der Waals surface area contributed by atoms with Gasteiger partial charge in [0.05, 0.1) is 5.69 Å². The van der Waals surface area contributed by atoms with Crippen molar-refractivity contribution >= 4 is 5.69 Å². The van der Waals surface area contributed by atoms with E-state index in [2.05, 4.69) is 24.5 Å². The van der Waals surface area contributed by atoms with E-state index in [0.29, 0.717) is 5.76 Å². The van der Waals surface area contributed by atoms with Crippen LogP contribution in [0.25, 0.3) is 0 Å². The van der Waals surface area contributed by atoms with Gasteiger partial charge in [-0.3, -0.25) is 0 Å². The maximum absolute atomic E-state index is 5.96. The minimum Gasteiger partial charge on any atom is -0.458 e. The molecule has 25 heavy (non-hydrogen) atoms. The Kier molecular flexibility index (Phi) is 5.24. The number of nitrogens with zero attached hydrogens (tertiary/aromatic N) is 1. The van der Waals surface area contributed by atoms with E-state index in [1.165, 1.54) is 0 Å². The fourth-order valence-corrected chi connectivity index (χ4v) is 2.72. The third-order valence-electron chi connectivity index (χ3n) is 3.94. The van der Waals surface area contributed by atoms with Gasteiger partial charge in [0.1, 0.15) is 11.5 Å². The van der Waals surface area contributed by atoms with Crippen molar-refractivity contribution in [1.82, 2.24) is 0 Å².